The summed E-state index contributed by atoms with van der Waals surface area (Å²) in [5, 5.41) is 7.61. The molecular weight excluding hydrogens is 596 g/mol. The molecule has 0 unspecified atom stereocenters. The van der Waals surface area contributed by atoms with Crippen molar-refractivity contribution in [3.8, 4) is 0 Å². The SMILES string of the molecule is O=C(C1=NN(c2ccc(Br)cc2)[C@@]2(S1)SC(c1ccccc1)(c1ccccc1)c1ccccc12)c1ccccc1. The van der Waals surface area contributed by atoms with E-state index in [0.29, 0.717) is 10.6 Å². The first kappa shape index (κ1) is 25.4. The molecule has 6 heteroatoms. The summed E-state index contributed by atoms with van der Waals surface area (Å²) in [4.78, 5) is 13.8. The van der Waals surface area contributed by atoms with Gasteiger partial charge in [-0.15, -0.1) is 0 Å². The van der Waals surface area contributed by atoms with Crippen LogP contribution in [0.3, 0.4) is 0 Å². The number of carbonyl (C=O) groups excluding carboxylic acids is 1. The molecule has 0 fully saturated rings. The van der Waals surface area contributed by atoms with E-state index in [4.69, 9.17) is 5.10 Å². The number of hydrogen-bond donors (Lipinski definition) is 0. The summed E-state index contributed by atoms with van der Waals surface area (Å²) < 4.78 is -0.236. The fraction of sp³-hybridized carbons (Fsp3) is 0.0588. The minimum absolute atomic E-state index is 0.0698. The molecule has 0 aromatic heterocycles. The van der Waals surface area contributed by atoms with E-state index >= 15 is 0 Å². The first-order valence-electron chi connectivity index (χ1n) is 13.0. The quantitative estimate of drug-likeness (QED) is 0.184. The Bertz CT molecular complexity index is 1690. The van der Waals surface area contributed by atoms with Gasteiger partial charge in [-0.1, -0.05) is 155 Å². The van der Waals surface area contributed by atoms with Gasteiger partial charge in [-0.25, -0.2) is 5.01 Å². The largest absolute Gasteiger partial charge is 0.286 e. The molecule has 5 aromatic carbocycles. The van der Waals surface area contributed by atoms with Gasteiger partial charge in [-0.05, 0) is 41.0 Å². The van der Waals surface area contributed by atoms with E-state index in [1.54, 1.807) is 11.8 Å². The van der Waals surface area contributed by atoms with E-state index in [1.807, 2.05) is 54.2 Å². The van der Waals surface area contributed by atoms with Crippen LogP contribution in [0.25, 0.3) is 0 Å². The van der Waals surface area contributed by atoms with Crippen LogP contribution in [-0.4, -0.2) is 10.8 Å². The van der Waals surface area contributed by atoms with E-state index in [2.05, 4.69) is 118 Å². The van der Waals surface area contributed by atoms with Gasteiger partial charge in [0.05, 0.1) is 10.4 Å². The summed E-state index contributed by atoms with van der Waals surface area (Å²) in [7, 11) is 0. The Morgan fingerprint density at radius 2 is 1.18 bits per heavy atom. The number of fused-ring (bicyclic) bond motifs is 2. The maximum atomic E-state index is 13.8. The maximum absolute atomic E-state index is 13.8. The average molecular weight is 620 g/mol. The van der Waals surface area contributed by atoms with Gasteiger partial charge < -0.3 is 0 Å². The maximum Gasteiger partial charge on any atom is 0.219 e. The molecule has 5 aromatic rings. The Labute approximate surface area is 250 Å². The third-order valence-corrected chi connectivity index (χ3v) is 11.1. The number of ketones is 1. The average Bonchev–Trinajstić information content (AvgIpc) is 3.55. The highest BCUT2D eigenvalue weighted by atomic mass is 79.9. The van der Waals surface area contributed by atoms with Gasteiger partial charge in [0.2, 0.25) is 5.78 Å². The second-order valence-electron chi connectivity index (χ2n) is 9.63. The Morgan fingerprint density at radius 1 is 0.650 bits per heavy atom. The standard InChI is InChI=1S/C34H23BrN2OS2/c35-27-20-22-28(23-21-27)37-34(39-32(36-37)31(38)24-12-4-1-5-13-24)30-19-11-10-18-29(30)33(40-34,25-14-6-2-7-15-25)26-16-8-3-9-17-26/h1-23H/t34-/m0/s1. The van der Waals surface area contributed by atoms with Crippen LogP contribution >= 0.6 is 39.5 Å². The normalized spacial score (nSPS) is 18.9. The van der Waals surface area contributed by atoms with Crippen molar-refractivity contribution in [1.29, 1.82) is 0 Å². The molecular formula is C34H23BrN2OS2. The van der Waals surface area contributed by atoms with Crippen LogP contribution < -0.4 is 5.01 Å². The van der Waals surface area contributed by atoms with Gasteiger partial charge in [0.1, 0.15) is 0 Å². The summed E-state index contributed by atoms with van der Waals surface area (Å²) >= 11 is 6.96. The van der Waals surface area contributed by atoms with Crippen molar-refractivity contribution in [3.63, 3.8) is 0 Å². The Hall–Kier alpha value is -3.58. The third kappa shape index (κ3) is 3.97. The summed E-state index contributed by atoms with van der Waals surface area (Å²) in [6.45, 7) is 0. The van der Waals surface area contributed by atoms with Crippen LogP contribution in [0.15, 0.2) is 149 Å². The third-order valence-electron chi connectivity index (χ3n) is 7.30. The highest BCUT2D eigenvalue weighted by molar-refractivity contribution is 9.10. The van der Waals surface area contributed by atoms with Gasteiger partial charge >= 0.3 is 0 Å². The first-order valence-corrected chi connectivity index (χ1v) is 15.4. The minimum Gasteiger partial charge on any atom is -0.286 e. The molecule has 1 spiro atoms. The second-order valence-corrected chi connectivity index (χ2v) is 13.4. The number of halogens is 1. The lowest BCUT2D eigenvalue weighted by molar-refractivity contribution is 0.106. The smallest absolute Gasteiger partial charge is 0.219 e. The number of benzene rings is 5. The van der Waals surface area contributed by atoms with Crippen LogP contribution in [0.1, 0.15) is 32.6 Å². The zero-order valence-electron chi connectivity index (χ0n) is 21.3. The van der Waals surface area contributed by atoms with Crippen molar-refractivity contribution in [2.75, 3.05) is 5.01 Å². The van der Waals surface area contributed by atoms with Gasteiger partial charge in [0.15, 0.2) is 9.25 Å². The van der Waals surface area contributed by atoms with Crippen LogP contribution in [-0.2, 0) is 8.95 Å². The number of nitrogens with zero attached hydrogens (tertiary/aromatic N) is 2. The highest BCUT2D eigenvalue weighted by Gasteiger charge is 2.61. The molecule has 194 valence electrons. The fourth-order valence-electron chi connectivity index (χ4n) is 5.52. The molecule has 0 saturated carbocycles. The molecule has 0 N–H and O–H groups in total. The highest BCUT2D eigenvalue weighted by Crippen LogP contribution is 2.70. The van der Waals surface area contributed by atoms with Crippen LogP contribution in [0.2, 0.25) is 0 Å². The lowest BCUT2D eigenvalue weighted by atomic mass is 9.82. The van der Waals surface area contributed by atoms with Crippen molar-refractivity contribution in [3.05, 3.63) is 172 Å². The topological polar surface area (TPSA) is 32.7 Å². The van der Waals surface area contributed by atoms with E-state index in [1.165, 1.54) is 16.7 Å². The van der Waals surface area contributed by atoms with Gasteiger partial charge in [0, 0.05) is 15.6 Å². The number of thioether (sulfide) groups is 2. The zero-order chi connectivity index (χ0) is 27.2. The molecule has 0 radical (unpaired) electrons. The van der Waals surface area contributed by atoms with Crippen molar-refractivity contribution in [1.82, 2.24) is 0 Å². The molecule has 0 saturated heterocycles. The van der Waals surface area contributed by atoms with Gasteiger partial charge in [-0.2, -0.15) is 5.10 Å². The zero-order valence-corrected chi connectivity index (χ0v) is 24.5. The van der Waals surface area contributed by atoms with Crippen LogP contribution in [0.4, 0.5) is 5.69 Å². The Kier molecular flexibility index (Phi) is 6.42. The first-order chi connectivity index (χ1) is 19.6. The molecule has 0 amide bonds. The predicted octanol–water partition coefficient (Wildman–Crippen LogP) is 9.05. The second kappa shape index (κ2) is 10.1. The van der Waals surface area contributed by atoms with Crippen molar-refractivity contribution in [2.24, 2.45) is 5.10 Å². The van der Waals surface area contributed by atoms with E-state index in [-0.39, 0.29) is 5.78 Å². The lowest BCUT2D eigenvalue weighted by Gasteiger charge is -2.37. The number of rotatable bonds is 5. The Morgan fingerprint density at radius 3 is 1.77 bits per heavy atom. The monoisotopic (exact) mass is 618 g/mol. The van der Waals surface area contributed by atoms with E-state index in [0.717, 1.165) is 15.7 Å². The van der Waals surface area contributed by atoms with Crippen LogP contribution in [0, 0.1) is 0 Å². The molecule has 2 heterocycles. The number of anilines is 1. The number of Topliss-reactive ketones (excluding diaryl/α,β-unsaturated/α-hetero) is 1. The Balaban J connectivity index is 1.47. The summed E-state index contributed by atoms with van der Waals surface area (Å²) in [6.07, 6.45) is 0. The number of carbonyl (C=O) groups is 1. The molecule has 0 aliphatic carbocycles. The van der Waals surface area contributed by atoms with Crippen LogP contribution in [0.5, 0.6) is 0 Å². The van der Waals surface area contributed by atoms with Gasteiger partial charge in [-0.3, -0.25) is 4.79 Å². The molecule has 2 aliphatic rings. The summed E-state index contributed by atoms with van der Waals surface area (Å²) in [5.41, 5.74) is 6.28. The minimum atomic E-state index is -0.712. The number of hydrazone groups is 1. The predicted molar refractivity (Wildman–Crippen MR) is 171 cm³/mol. The van der Waals surface area contributed by atoms with E-state index in [9.17, 15) is 4.79 Å². The molecule has 7 rings (SSSR count). The number of hydrogen-bond acceptors (Lipinski definition) is 5. The molecule has 3 nitrogen and oxygen atoms in total. The molecule has 0 bridgehead atoms. The summed E-state index contributed by atoms with van der Waals surface area (Å²) in [5.74, 6) is -0.0698. The molecule has 1 atom stereocenters. The van der Waals surface area contributed by atoms with Gasteiger partial charge in [0.25, 0.3) is 0 Å². The van der Waals surface area contributed by atoms with Crippen molar-refractivity contribution >= 4 is 56.0 Å². The van der Waals surface area contributed by atoms with E-state index < -0.39 is 8.95 Å². The molecule has 2 aliphatic heterocycles. The fourth-order valence-corrected chi connectivity index (χ4v) is 9.41. The molecule has 40 heavy (non-hydrogen) atoms. The van der Waals surface area contributed by atoms with Crippen molar-refractivity contribution in [2.45, 2.75) is 8.95 Å². The van der Waals surface area contributed by atoms with Crippen molar-refractivity contribution < 1.29 is 4.79 Å². The lowest BCUT2D eigenvalue weighted by Crippen LogP contribution is -2.34. The summed E-state index contributed by atoms with van der Waals surface area (Å²) in [6, 6.07) is 47.5.